The van der Waals surface area contributed by atoms with Crippen LogP contribution in [-0.2, 0) is 6.54 Å². The molecule has 0 fully saturated rings. The number of amides is 1. The van der Waals surface area contributed by atoms with Crippen LogP contribution in [0.25, 0.3) is 0 Å². The number of aromatic carboxylic acids is 1. The molecule has 2 heterocycles. The Hall–Kier alpha value is -2.63. The third-order valence-corrected chi connectivity index (χ3v) is 3.29. The fourth-order valence-electron chi connectivity index (χ4n) is 2.05. The summed E-state index contributed by atoms with van der Waals surface area (Å²) in [5, 5.41) is 11.5. The summed E-state index contributed by atoms with van der Waals surface area (Å²) < 4.78 is 5.42. The summed E-state index contributed by atoms with van der Waals surface area (Å²) in [5.74, 6) is 0.0156. The minimum absolute atomic E-state index is 0.0257. The summed E-state index contributed by atoms with van der Waals surface area (Å²) in [6.07, 6.45) is 1.43. The lowest BCUT2D eigenvalue weighted by molar-refractivity contribution is 0.0690. The van der Waals surface area contributed by atoms with Gasteiger partial charge in [-0.1, -0.05) is 6.07 Å². The molecule has 2 aromatic heterocycles. The quantitative estimate of drug-likeness (QED) is 0.900. The molecule has 0 unspecified atom stereocenters. The monoisotopic (exact) mass is 288 g/mol. The van der Waals surface area contributed by atoms with Crippen molar-refractivity contribution in [3.05, 3.63) is 52.2 Å². The van der Waals surface area contributed by atoms with Gasteiger partial charge < -0.3 is 14.8 Å². The molecule has 6 heteroatoms. The Balaban J connectivity index is 2.05. The number of nitrogens with one attached hydrogen (secondary N) is 1. The van der Waals surface area contributed by atoms with E-state index in [-0.39, 0.29) is 18.1 Å². The van der Waals surface area contributed by atoms with Crippen molar-refractivity contribution in [1.29, 1.82) is 0 Å². The molecule has 0 aliphatic carbocycles. The molecule has 2 N–H and O–H groups in total. The maximum Gasteiger partial charge on any atom is 0.354 e. The number of pyridine rings is 1. The van der Waals surface area contributed by atoms with Crippen LogP contribution in [0.3, 0.4) is 0 Å². The third kappa shape index (κ3) is 3.10. The summed E-state index contributed by atoms with van der Waals surface area (Å²) in [6.45, 7) is 5.67. The molecule has 0 spiro atoms. The molecule has 1 amide bonds. The van der Waals surface area contributed by atoms with Gasteiger partial charge in [0.05, 0.1) is 5.56 Å². The molecular weight excluding hydrogens is 272 g/mol. The van der Waals surface area contributed by atoms with Crippen LogP contribution < -0.4 is 5.32 Å². The number of carbonyl (C=O) groups is 2. The summed E-state index contributed by atoms with van der Waals surface area (Å²) >= 11 is 0. The molecule has 2 rings (SSSR count). The van der Waals surface area contributed by atoms with Gasteiger partial charge in [-0.05, 0) is 32.4 Å². The predicted octanol–water partition coefficient (Wildman–Crippen LogP) is 2.23. The van der Waals surface area contributed by atoms with Crippen molar-refractivity contribution < 1.29 is 19.1 Å². The van der Waals surface area contributed by atoms with Crippen molar-refractivity contribution in [2.45, 2.75) is 27.3 Å². The standard InChI is InChI=1S/C15H16N2O4/c1-8-9(2)21-10(3)13(8)14(18)17-7-11-4-5-12(15(19)20)16-6-11/h4-6H,7H2,1-3H3,(H,17,18)(H,19,20). The van der Waals surface area contributed by atoms with Crippen LogP contribution in [0.1, 0.15) is 43.5 Å². The van der Waals surface area contributed by atoms with Crippen molar-refractivity contribution in [1.82, 2.24) is 10.3 Å². The topological polar surface area (TPSA) is 92.4 Å². The van der Waals surface area contributed by atoms with Crippen molar-refractivity contribution in [2.24, 2.45) is 0 Å². The smallest absolute Gasteiger partial charge is 0.354 e. The van der Waals surface area contributed by atoms with E-state index in [2.05, 4.69) is 10.3 Å². The van der Waals surface area contributed by atoms with E-state index in [1.54, 1.807) is 13.0 Å². The molecule has 110 valence electrons. The van der Waals surface area contributed by atoms with Crippen molar-refractivity contribution in [3.63, 3.8) is 0 Å². The zero-order chi connectivity index (χ0) is 15.6. The molecular formula is C15H16N2O4. The van der Waals surface area contributed by atoms with E-state index in [0.29, 0.717) is 11.3 Å². The van der Waals surface area contributed by atoms with Gasteiger partial charge in [0, 0.05) is 18.3 Å². The van der Waals surface area contributed by atoms with Crippen LogP contribution in [0, 0.1) is 20.8 Å². The summed E-state index contributed by atoms with van der Waals surface area (Å²) in [4.78, 5) is 26.7. The second-order valence-corrected chi connectivity index (χ2v) is 4.75. The van der Waals surface area contributed by atoms with Crippen molar-refractivity contribution >= 4 is 11.9 Å². The van der Waals surface area contributed by atoms with E-state index in [9.17, 15) is 9.59 Å². The number of carboxylic acids is 1. The van der Waals surface area contributed by atoms with E-state index in [4.69, 9.17) is 9.52 Å². The average Bonchev–Trinajstić information content (AvgIpc) is 2.70. The van der Waals surface area contributed by atoms with Crippen LogP contribution in [0.5, 0.6) is 0 Å². The van der Waals surface area contributed by atoms with Gasteiger partial charge in [0.2, 0.25) is 0 Å². The average molecular weight is 288 g/mol. The molecule has 21 heavy (non-hydrogen) atoms. The van der Waals surface area contributed by atoms with Gasteiger partial charge in [0.15, 0.2) is 0 Å². The Morgan fingerprint density at radius 3 is 2.43 bits per heavy atom. The maximum atomic E-state index is 12.2. The highest BCUT2D eigenvalue weighted by Gasteiger charge is 2.18. The van der Waals surface area contributed by atoms with Gasteiger partial charge in [-0.2, -0.15) is 0 Å². The fraction of sp³-hybridized carbons (Fsp3) is 0.267. The lowest BCUT2D eigenvalue weighted by Gasteiger charge is -2.05. The fourth-order valence-corrected chi connectivity index (χ4v) is 2.05. The minimum Gasteiger partial charge on any atom is -0.477 e. The van der Waals surface area contributed by atoms with Gasteiger partial charge >= 0.3 is 5.97 Å². The van der Waals surface area contributed by atoms with Crippen LogP contribution >= 0.6 is 0 Å². The van der Waals surface area contributed by atoms with Crippen LogP contribution in [0.15, 0.2) is 22.7 Å². The SMILES string of the molecule is Cc1oc(C)c(C(=O)NCc2ccc(C(=O)O)nc2)c1C. The molecule has 2 aromatic rings. The molecule has 0 saturated heterocycles. The molecule has 0 aliphatic heterocycles. The van der Waals surface area contributed by atoms with E-state index in [1.165, 1.54) is 12.3 Å². The summed E-state index contributed by atoms with van der Waals surface area (Å²) in [7, 11) is 0. The third-order valence-electron chi connectivity index (χ3n) is 3.29. The van der Waals surface area contributed by atoms with Gasteiger partial charge in [0.25, 0.3) is 5.91 Å². The molecule has 0 bridgehead atoms. The highest BCUT2D eigenvalue weighted by atomic mass is 16.4. The molecule has 0 atom stereocenters. The second-order valence-electron chi connectivity index (χ2n) is 4.75. The molecule has 0 aromatic carbocycles. The first-order valence-electron chi connectivity index (χ1n) is 6.43. The van der Waals surface area contributed by atoms with Crippen LogP contribution in [0.2, 0.25) is 0 Å². The predicted molar refractivity (Wildman–Crippen MR) is 75.3 cm³/mol. The van der Waals surface area contributed by atoms with E-state index >= 15 is 0 Å². The summed E-state index contributed by atoms with van der Waals surface area (Å²) in [5.41, 5.74) is 2.07. The van der Waals surface area contributed by atoms with Gasteiger partial charge in [0.1, 0.15) is 17.2 Å². The lowest BCUT2D eigenvalue weighted by Crippen LogP contribution is -2.24. The largest absolute Gasteiger partial charge is 0.477 e. The first-order valence-corrected chi connectivity index (χ1v) is 6.43. The Labute approximate surface area is 121 Å². The zero-order valence-electron chi connectivity index (χ0n) is 12.1. The Kier molecular flexibility index (Phi) is 4.07. The lowest BCUT2D eigenvalue weighted by atomic mass is 10.1. The number of rotatable bonds is 4. The van der Waals surface area contributed by atoms with Gasteiger partial charge in [-0.3, -0.25) is 4.79 Å². The van der Waals surface area contributed by atoms with E-state index < -0.39 is 5.97 Å². The van der Waals surface area contributed by atoms with E-state index in [0.717, 1.165) is 16.9 Å². The van der Waals surface area contributed by atoms with Crippen molar-refractivity contribution in [3.8, 4) is 0 Å². The van der Waals surface area contributed by atoms with E-state index in [1.807, 2.05) is 13.8 Å². The number of carboxylic acid groups (broad SMARTS) is 1. The van der Waals surface area contributed by atoms with Crippen LogP contribution in [0.4, 0.5) is 0 Å². The highest BCUT2D eigenvalue weighted by molar-refractivity contribution is 5.96. The number of aromatic nitrogens is 1. The number of hydrogen-bond donors (Lipinski definition) is 2. The number of carbonyl (C=O) groups excluding carboxylic acids is 1. The number of aryl methyl sites for hydroxylation is 2. The Morgan fingerprint density at radius 2 is 1.95 bits per heavy atom. The normalized spacial score (nSPS) is 10.4. The van der Waals surface area contributed by atoms with Crippen LogP contribution in [-0.4, -0.2) is 22.0 Å². The first kappa shape index (κ1) is 14.8. The minimum atomic E-state index is -1.08. The zero-order valence-corrected chi connectivity index (χ0v) is 12.1. The first-order chi connectivity index (χ1) is 9.90. The molecule has 0 radical (unpaired) electrons. The number of hydrogen-bond acceptors (Lipinski definition) is 4. The molecule has 0 saturated carbocycles. The molecule has 6 nitrogen and oxygen atoms in total. The van der Waals surface area contributed by atoms with Crippen molar-refractivity contribution in [2.75, 3.05) is 0 Å². The number of nitrogens with zero attached hydrogens (tertiary/aromatic N) is 1. The van der Waals surface area contributed by atoms with Gasteiger partial charge in [-0.25, -0.2) is 9.78 Å². The Bertz CT molecular complexity index is 686. The summed E-state index contributed by atoms with van der Waals surface area (Å²) in [6, 6.07) is 3.03. The number of furan rings is 1. The van der Waals surface area contributed by atoms with Gasteiger partial charge in [-0.15, -0.1) is 0 Å². The highest BCUT2D eigenvalue weighted by Crippen LogP contribution is 2.20. The second kappa shape index (κ2) is 5.78. The Morgan fingerprint density at radius 1 is 1.24 bits per heavy atom. The maximum absolute atomic E-state index is 12.2. The molecule has 0 aliphatic rings.